The van der Waals surface area contributed by atoms with Crippen molar-refractivity contribution in [3.63, 3.8) is 0 Å². The van der Waals surface area contributed by atoms with Gasteiger partial charge in [-0.15, -0.1) is 11.8 Å². The highest BCUT2D eigenvalue weighted by atomic mass is 35.5. The van der Waals surface area contributed by atoms with E-state index in [2.05, 4.69) is 30.1 Å². The molecule has 1 fully saturated rings. The molecule has 30 heavy (non-hydrogen) atoms. The highest BCUT2D eigenvalue weighted by Gasteiger charge is 2.41. The molecular formula is C23H24Cl2N2O2S. The quantitative estimate of drug-likeness (QED) is 0.382. The maximum Gasteiger partial charge on any atom is 0.187 e. The van der Waals surface area contributed by atoms with E-state index < -0.39 is 5.79 Å². The van der Waals surface area contributed by atoms with Gasteiger partial charge in [-0.2, -0.15) is 0 Å². The van der Waals surface area contributed by atoms with Crippen LogP contribution in [0.3, 0.4) is 0 Å². The first-order valence-electron chi connectivity index (χ1n) is 9.93. The number of aryl methyl sites for hydroxylation is 2. The first-order chi connectivity index (χ1) is 14.5. The van der Waals surface area contributed by atoms with Crippen molar-refractivity contribution in [2.24, 2.45) is 0 Å². The molecule has 0 N–H and O–H groups in total. The van der Waals surface area contributed by atoms with Gasteiger partial charge < -0.3 is 14.0 Å². The number of rotatable bonds is 8. The van der Waals surface area contributed by atoms with Crippen LogP contribution in [0.1, 0.15) is 17.5 Å². The fraction of sp³-hybridized carbons (Fsp3) is 0.348. The minimum absolute atomic E-state index is 0.000544. The molecule has 1 aliphatic heterocycles. The van der Waals surface area contributed by atoms with Crippen LogP contribution in [0.15, 0.2) is 66.1 Å². The van der Waals surface area contributed by atoms with Crippen LogP contribution in [0.5, 0.6) is 0 Å². The summed E-state index contributed by atoms with van der Waals surface area (Å²) in [4.78, 5) is 5.26. The van der Waals surface area contributed by atoms with Gasteiger partial charge in [0.1, 0.15) is 0 Å². The van der Waals surface area contributed by atoms with Crippen LogP contribution in [-0.2, 0) is 22.4 Å². The molecule has 3 aromatic rings. The third kappa shape index (κ3) is 5.40. The van der Waals surface area contributed by atoms with Crippen molar-refractivity contribution in [1.29, 1.82) is 0 Å². The van der Waals surface area contributed by atoms with E-state index in [1.165, 1.54) is 11.1 Å². The number of thioether (sulfide) groups is 1. The molecule has 2 unspecified atom stereocenters. The van der Waals surface area contributed by atoms with Gasteiger partial charge in [-0.1, -0.05) is 47.5 Å². The number of halogens is 2. The lowest BCUT2D eigenvalue weighted by Crippen LogP contribution is -2.37. The van der Waals surface area contributed by atoms with Gasteiger partial charge in [0.25, 0.3) is 0 Å². The molecular weight excluding hydrogens is 439 g/mol. The summed E-state index contributed by atoms with van der Waals surface area (Å²) in [6.07, 6.45) is 7.10. The third-order valence-electron chi connectivity index (χ3n) is 5.18. The Labute approximate surface area is 191 Å². The van der Waals surface area contributed by atoms with E-state index in [1.54, 1.807) is 24.3 Å². The number of imidazole rings is 1. The van der Waals surface area contributed by atoms with Crippen LogP contribution < -0.4 is 0 Å². The first-order valence-corrected chi connectivity index (χ1v) is 11.7. The molecule has 1 saturated heterocycles. The maximum absolute atomic E-state index is 6.51. The Morgan fingerprint density at radius 2 is 2.03 bits per heavy atom. The van der Waals surface area contributed by atoms with E-state index in [-0.39, 0.29) is 6.10 Å². The van der Waals surface area contributed by atoms with Crippen molar-refractivity contribution >= 4 is 35.0 Å². The van der Waals surface area contributed by atoms with Gasteiger partial charge in [-0.05, 0) is 42.7 Å². The minimum atomic E-state index is -0.679. The largest absolute Gasteiger partial charge is 0.345 e. The van der Waals surface area contributed by atoms with Crippen molar-refractivity contribution in [2.45, 2.75) is 43.1 Å². The lowest BCUT2D eigenvalue weighted by molar-refractivity contribution is -0.180. The molecule has 1 aromatic heterocycles. The SMILES string of the molecule is Cc1cccc(Cl)c1SCC1COC(CCc2ccc(Cl)cc2)(Cn2ccnc2)O1. The van der Waals surface area contributed by atoms with E-state index in [9.17, 15) is 0 Å². The highest BCUT2D eigenvalue weighted by molar-refractivity contribution is 7.99. The van der Waals surface area contributed by atoms with E-state index in [4.69, 9.17) is 32.7 Å². The van der Waals surface area contributed by atoms with Crippen LogP contribution >= 0.6 is 35.0 Å². The summed E-state index contributed by atoms with van der Waals surface area (Å²) in [5.74, 6) is 0.109. The Balaban J connectivity index is 1.43. The van der Waals surface area contributed by atoms with Gasteiger partial charge in [-0.25, -0.2) is 4.98 Å². The maximum atomic E-state index is 6.51. The monoisotopic (exact) mass is 462 g/mol. The molecule has 4 nitrogen and oxygen atoms in total. The van der Waals surface area contributed by atoms with Gasteiger partial charge in [0.15, 0.2) is 5.79 Å². The Hall–Kier alpha value is -1.50. The summed E-state index contributed by atoms with van der Waals surface area (Å²) < 4.78 is 14.8. The second-order valence-electron chi connectivity index (χ2n) is 7.52. The standard InChI is InChI=1S/C23H24Cl2N2O2S/c1-17-3-2-4-21(25)22(17)30-14-20-13-28-23(29-20,15-27-12-11-26-16-27)10-9-18-5-7-19(24)8-6-18/h2-8,11-12,16,20H,9-10,13-15H2,1H3. The number of benzene rings is 2. The zero-order valence-electron chi connectivity index (χ0n) is 16.8. The predicted molar refractivity (Wildman–Crippen MR) is 122 cm³/mol. The highest BCUT2D eigenvalue weighted by Crippen LogP contribution is 2.36. The van der Waals surface area contributed by atoms with Crippen molar-refractivity contribution in [1.82, 2.24) is 9.55 Å². The molecule has 2 heterocycles. The minimum Gasteiger partial charge on any atom is -0.345 e. The molecule has 2 atom stereocenters. The van der Waals surface area contributed by atoms with Gasteiger partial charge >= 0.3 is 0 Å². The average molecular weight is 463 g/mol. The topological polar surface area (TPSA) is 36.3 Å². The zero-order valence-corrected chi connectivity index (χ0v) is 19.1. The second-order valence-corrected chi connectivity index (χ2v) is 9.39. The number of aromatic nitrogens is 2. The molecule has 0 amide bonds. The fourth-order valence-corrected chi connectivity index (χ4v) is 5.14. The van der Waals surface area contributed by atoms with Gasteiger partial charge in [-0.3, -0.25) is 0 Å². The average Bonchev–Trinajstić information content (AvgIpc) is 3.38. The molecule has 0 spiro atoms. The van der Waals surface area contributed by atoms with Crippen molar-refractivity contribution < 1.29 is 9.47 Å². The Morgan fingerprint density at radius 1 is 1.20 bits per heavy atom. The fourth-order valence-electron chi connectivity index (χ4n) is 3.61. The van der Waals surface area contributed by atoms with Gasteiger partial charge in [0, 0.05) is 34.5 Å². The Kier molecular flexibility index (Phi) is 7.06. The third-order valence-corrected chi connectivity index (χ3v) is 7.23. The normalized spacial score (nSPS) is 21.2. The van der Waals surface area contributed by atoms with Crippen molar-refractivity contribution in [2.75, 3.05) is 12.4 Å². The molecule has 7 heteroatoms. The number of hydrogen-bond donors (Lipinski definition) is 0. The van der Waals surface area contributed by atoms with Crippen molar-refractivity contribution in [3.05, 3.63) is 82.4 Å². The summed E-state index contributed by atoms with van der Waals surface area (Å²) >= 11 is 14.1. The lowest BCUT2D eigenvalue weighted by Gasteiger charge is -2.28. The smallest absolute Gasteiger partial charge is 0.187 e. The van der Waals surface area contributed by atoms with Crippen LogP contribution in [0, 0.1) is 6.92 Å². The van der Waals surface area contributed by atoms with E-state index in [0.29, 0.717) is 13.2 Å². The van der Waals surface area contributed by atoms with Crippen LogP contribution in [-0.4, -0.2) is 33.8 Å². The van der Waals surface area contributed by atoms with Crippen LogP contribution in [0.4, 0.5) is 0 Å². The Morgan fingerprint density at radius 3 is 2.77 bits per heavy atom. The summed E-state index contributed by atoms with van der Waals surface area (Å²) in [6.45, 7) is 3.24. The Bertz CT molecular complexity index is 946. The van der Waals surface area contributed by atoms with E-state index in [0.717, 1.165) is 33.5 Å². The summed E-state index contributed by atoms with van der Waals surface area (Å²) in [5, 5.41) is 1.53. The number of nitrogens with zero attached hydrogens (tertiary/aromatic N) is 2. The number of hydrogen-bond acceptors (Lipinski definition) is 4. The summed E-state index contributed by atoms with van der Waals surface area (Å²) in [5.41, 5.74) is 2.39. The first kappa shape index (κ1) is 21.7. The van der Waals surface area contributed by atoms with Gasteiger partial charge in [0.05, 0.1) is 30.6 Å². The summed E-state index contributed by atoms with van der Waals surface area (Å²) in [7, 11) is 0. The molecule has 0 saturated carbocycles. The van der Waals surface area contributed by atoms with E-state index in [1.807, 2.05) is 35.0 Å². The van der Waals surface area contributed by atoms with Crippen LogP contribution in [0.2, 0.25) is 10.0 Å². The molecule has 0 radical (unpaired) electrons. The van der Waals surface area contributed by atoms with Gasteiger partial charge in [0.2, 0.25) is 0 Å². The summed E-state index contributed by atoms with van der Waals surface area (Å²) in [6, 6.07) is 13.9. The second kappa shape index (κ2) is 9.75. The molecule has 2 aromatic carbocycles. The lowest BCUT2D eigenvalue weighted by atomic mass is 10.0. The predicted octanol–water partition coefficient (Wildman–Crippen LogP) is 6.04. The van der Waals surface area contributed by atoms with E-state index >= 15 is 0 Å². The molecule has 158 valence electrons. The zero-order chi connectivity index (χ0) is 21.0. The van der Waals surface area contributed by atoms with Crippen LogP contribution in [0.25, 0.3) is 0 Å². The molecule has 4 rings (SSSR count). The molecule has 1 aliphatic rings. The van der Waals surface area contributed by atoms with Crippen molar-refractivity contribution in [3.8, 4) is 0 Å². The molecule has 0 bridgehead atoms. The number of ether oxygens (including phenoxy) is 2. The molecule has 0 aliphatic carbocycles.